The van der Waals surface area contributed by atoms with E-state index < -0.39 is 0 Å². The second-order valence-corrected chi connectivity index (χ2v) is 4.55. The van der Waals surface area contributed by atoms with Gasteiger partial charge in [-0.1, -0.05) is 24.3 Å². The molecule has 0 aliphatic heterocycles. The van der Waals surface area contributed by atoms with Crippen molar-refractivity contribution in [3.8, 4) is 0 Å². The van der Waals surface area contributed by atoms with Crippen LogP contribution in [0.15, 0.2) is 48.5 Å². The number of carbonyl (C=O) groups excluding carboxylic acids is 1. The molecule has 0 radical (unpaired) electrons. The SMILES string of the molecule is Cc1cccc(NC(=O)Nc2ccc(CCl)cc2)c1. The number of carbonyl (C=O) groups is 1. The van der Waals surface area contributed by atoms with Crippen LogP contribution >= 0.6 is 11.6 Å². The van der Waals surface area contributed by atoms with Gasteiger partial charge in [0.1, 0.15) is 0 Å². The van der Waals surface area contributed by atoms with Gasteiger partial charge in [0.05, 0.1) is 0 Å². The fourth-order valence-corrected chi connectivity index (χ4v) is 1.87. The Morgan fingerprint density at radius 3 is 2.37 bits per heavy atom. The number of hydrogen-bond acceptors (Lipinski definition) is 1. The first kappa shape index (κ1) is 13.4. The summed E-state index contributed by atoms with van der Waals surface area (Å²) in [5, 5.41) is 5.55. The third-order valence-electron chi connectivity index (χ3n) is 2.64. The van der Waals surface area contributed by atoms with E-state index in [9.17, 15) is 4.79 Å². The number of halogens is 1. The van der Waals surface area contributed by atoms with Gasteiger partial charge in [-0.05, 0) is 42.3 Å². The molecule has 0 aromatic heterocycles. The summed E-state index contributed by atoms with van der Waals surface area (Å²) in [4.78, 5) is 11.8. The Labute approximate surface area is 117 Å². The molecule has 0 bridgehead atoms. The van der Waals surface area contributed by atoms with Crippen LogP contribution < -0.4 is 10.6 Å². The highest BCUT2D eigenvalue weighted by Crippen LogP contribution is 2.13. The highest BCUT2D eigenvalue weighted by atomic mass is 35.5. The molecule has 0 fully saturated rings. The van der Waals surface area contributed by atoms with Gasteiger partial charge in [0.2, 0.25) is 0 Å². The molecule has 98 valence electrons. The van der Waals surface area contributed by atoms with E-state index in [-0.39, 0.29) is 6.03 Å². The zero-order chi connectivity index (χ0) is 13.7. The number of benzene rings is 2. The number of rotatable bonds is 3. The lowest BCUT2D eigenvalue weighted by Crippen LogP contribution is -2.19. The molecule has 0 heterocycles. The standard InChI is InChI=1S/C15H15ClN2O/c1-11-3-2-4-14(9-11)18-15(19)17-13-7-5-12(10-16)6-8-13/h2-9H,10H2,1H3,(H2,17,18,19). The maximum absolute atomic E-state index is 11.8. The van der Waals surface area contributed by atoms with Gasteiger partial charge in [-0.2, -0.15) is 0 Å². The monoisotopic (exact) mass is 274 g/mol. The van der Waals surface area contributed by atoms with Crippen LogP contribution in [0.25, 0.3) is 0 Å². The Bertz CT molecular complexity index is 567. The lowest BCUT2D eigenvalue weighted by atomic mass is 10.2. The maximum atomic E-state index is 11.8. The molecular weight excluding hydrogens is 260 g/mol. The molecule has 2 N–H and O–H groups in total. The number of aryl methyl sites for hydroxylation is 1. The fraction of sp³-hybridized carbons (Fsp3) is 0.133. The molecule has 0 atom stereocenters. The van der Waals surface area contributed by atoms with Crippen LogP contribution in [0.2, 0.25) is 0 Å². The molecule has 0 saturated heterocycles. The Kier molecular flexibility index (Phi) is 4.42. The smallest absolute Gasteiger partial charge is 0.308 e. The molecule has 2 aromatic carbocycles. The summed E-state index contributed by atoms with van der Waals surface area (Å²) in [5.41, 5.74) is 3.63. The first-order valence-electron chi connectivity index (χ1n) is 5.97. The summed E-state index contributed by atoms with van der Waals surface area (Å²) in [6, 6.07) is 14.8. The van der Waals surface area contributed by atoms with Gasteiger partial charge in [-0.15, -0.1) is 11.6 Å². The molecule has 0 unspecified atom stereocenters. The van der Waals surface area contributed by atoms with E-state index in [1.165, 1.54) is 0 Å². The number of hydrogen-bond donors (Lipinski definition) is 2. The molecule has 2 amide bonds. The van der Waals surface area contributed by atoms with E-state index in [4.69, 9.17) is 11.6 Å². The minimum Gasteiger partial charge on any atom is -0.308 e. The average molecular weight is 275 g/mol. The van der Waals surface area contributed by atoms with Crippen LogP contribution in [-0.2, 0) is 5.88 Å². The zero-order valence-corrected chi connectivity index (χ0v) is 11.4. The van der Waals surface area contributed by atoms with Crippen LogP contribution in [0.5, 0.6) is 0 Å². The van der Waals surface area contributed by atoms with E-state index in [2.05, 4.69) is 10.6 Å². The zero-order valence-electron chi connectivity index (χ0n) is 10.6. The summed E-state index contributed by atoms with van der Waals surface area (Å²) in [5.74, 6) is 0.468. The Morgan fingerprint density at radius 1 is 1.05 bits per heavy atom. The van der Waals surface area contributed by atoms with Crippen molar-refractivity contribution < 1.29 is 4.79 Å². The molecule has 4 heteroatoms. The predicted molar refractivity (Wildman–Crippen MR) is 79.8 cm³/mol. The molecule has 0 saturated carbocycles. The van der Waals surface area contributed by atoms with Gasteiger partial charge in [0.25, 0.3) is 0 Å². The summed E-state index contributed by atoms with van der Waals surface area (Å²) < 4.78 is 0. The Balaban J connectivity index is 1.97. The quantitative estimate of drug-likeness (QED) is 0.802. The van der Waals surface area contributed by atoms with E-state index >= 15 is 0 Å². The van der Waals surface area contributed by atoms with Crippen molar-refractivity contribution in [2.45, 2.75) is 12.8 Å². The lowest BCUT2D eigenvalue weighted by Gasteiger charge is -2.08. The number of alkyl halides is 1. The topological polar surface area (TPSA) is 41.1 Å². The van der Waals surface area contributed by atoms with Gasteiger partial charge in [0.15, 0.2) is 0 Å². The third-order valence-corrected chi connectivity index (χ3v) is 2.95. The predicted octanol–water partition coefficient (Wildman–Crippen LogP) is 4.38. The second kappa shape index (κ2) is 6.25. The summed E-state index contributed by atoms with van der Waals surface area (Å²) >= 11 is 5.71. The largest absolute Gasteiger partial charge is 0.323 e. The number of urea groups is 1. The number of anilines is 2. The van der Waals surface area contributed by atoms with E-state index in [0.29, 0.717) is 5.88 Å². The Hall–Kier alpha value is -2.00. The Morgan fingerprint density at radius 2 is 1.74 bits per heavy atom. The minimum absolute atomic E-state index is 0.260. The summed E-state index contributed by atoms with van der Waals surface area (Å²) in [6.07, 6.45) is 0. The third kappa shape index (κ3) is 4.00. The summed E-state index contributed by atoms with van der Waals surface area (Å²) in [7, 11) is 0. The molecule has 0 aliphatic rings. The minimum atomic E-state index is -0.260. The van der Waals surface area contributed by atoms with Crippen molar-refractivity contribution in [3.05, 3.63) is 59.7 Å². The van der Waals surface area contributed by atoms with Crippen molar-refractivity contribution in [3.63, 3.8) is 0 Å². The molecule has 0 aliphatic carbocycles. The molecule has 19 heavy (non-hydrogen) atoms. The van der Waals surface area contributed by atoms with Gasteiger partial charge in [-0.25, -0.2) is 4.79 Å². The number of amides is 2. The van der Waals surface area contributed by atoms with Crippen LogP contribution in [0.4, 0.5) is 16.2 Å². The van der Waals surface area contributed by atoms with E-state index in [1.807, 2.05) is 55.5 Å². The molecule has 2 aromatic rings. The van der Waals surface area contributed by atoms with E-state index in [0.717, 1.165) is 22.5 Å². The van der Waals surface area contributed by atoms with Gasteiger partial charge < -0.3 is 10.6 Å². The lowest BCUT2D eigenvalue weighted by molar-refractivity contribution is 0.262. The van der Waals surface area contributed by atoms with Gasteiger partial charge in [0, 0.05) is 17.3 Å². The molecule has 2 rings (SSSR count). The molecule has 3 nitrogen and oxygen atoms in total. The van der Waals surface area contributed by atoms with Gasteiger partial charge in [-0.3, -0.25) is 0 Å². The molecule has 0 spiro atoms. The second-order valence-electron chi connectivity index (χ2n) is 4.28. The van der Waals surface area contributed by atoms with Crippen LogP contribution in [0, 0.1) is 6.92 Å². The van der Waals surface area contributed by atoms with Crippen molar-refractivity contribution in [2.24, 2.45) is 0 Å². The van der Waals surface area contributed by atoms with E-state index in [1.54, 1.807) is 0 Å². The molecular formula is C15H15ClN2O. The van der Waals surface area contributed by atoms with Crippen LogP contribution in [0.1, 0.15) is 11.1 Å². The van der Waals surface area contributed by atoms with Crippen molar-refractivity contribution >= 4 is 29.0 Å². The average Bonchev–Trinajstić information content (AvgIpc) is 2.39. The first-order chi connectivity index (χ1) is 9.17. The van der Waals surface area contributed by atoms with Crippen LogP contribution in [0.3, 0.4) is 0 Å². The van der Waals surface area contributed by atoms with Crippen molar-refractivity contribution in [2.75, 3.05) is 10.6 Å². The van der Waals surface area contributed by atoms with Gasteiger partial charge >= 0.3 is 6.03 Å². The first-order valence-corrected chi connectivity index (χ1v) is 6.50. The highest BCUT2D eigenvalue weighted by molar-refractivity contribution is 6.17. The summed E-state index contributed by atoms with van der Waals surface area (Å²) in [6.45, 7) is 1.98. The highest BCUT2D eigenvalue weighted by Gasteiger charge is 2.02. The van der Waals surface area contributed by atoms with Crippen molar-refractivity contribution in [1.29, 1.82) is 0 Å². The fourth-order valence-electron chi connectivity index (χ4n) is 1.69. The van der Waals surface area contributed by atoms with Crippen LogP contribution in [-0.4, -0.2) is 6.03 Å². The number of nitrogens with one attached hydrogen (secondary N) is 2. The normalized spacial score (nSPS) is 10.0. The maximum Gasteiger partial charge on any atom is 0.323 e. The van der Waals surface area contributed by atoms with Crippen molar-refractivity contribution in [1.82, 2.24) is 0 Å².